The highest BCUT2D eigenvalue weighted by atomic mass is 19.2. The van der Waals surface area contributed by atoms with Gasteiger partial charge in [0.1, 0.15) is 18.7 Å². The molecule has 0 unspecified atom stereocenters. The minimum Gasteiger partial charge on any atom is -0.481 e. The van der Waals surface area contributed by atoms with Crippen molar-refractivity contribution >= 4 is 35.3 Å². The molecule has 3 amide bonds. The minimum atomic E-state index is -1.93. The molecule has 2 rings (SSSR count). The highest BCUT2D eigenvalue weighted by molar-refractivity contribution is 6.39. The number of ketones is 1. The van der Waals surface area contributed by atoms with Gasteiger partial charge in [0.15, 0.2) is 29.0 Å². The summed E-state index contributed by atoms with van der Waals surface area (Å²) in [5, 5.41) is 15.4. The number of hydrogen-bond acceptors (Lipinski definition) is 8. The number of amides is 3. The highest BCUT2D eigenvalue weighted by Gasteiger charge is 2.32. The number of anilines is 1. The molecule has 12 nitrogen and oxygen atoms in total. The van der Waals surface area contributed by atoms with Gasteiger partial charge in [-0.05, 0) is 5.92 Å². The van der Waals surface area contributed by atoms with E-state index in [1.807, 2.05) is 0 Å². The summed E-state index contributed by atoms with van der Waals surface area (Å²) in [5.74, 6) is -16.2. The van der Waals surface area contributed by atoms with E-state index < -0.39 is 89.5 Å². The second-order valence-corrected chi connectivity index (χ2v) is 7.95. The Balaban J connectivity index is 2.12. The molecular formula is C22H21F4N5O7. The van der Waals surface area contributed by atoms with Crippen molar-refractivity contribution < 1.29 is 51.4 Å². The van der Waals surface area contributed by atoms with Crippen LogP contribution in [0.3, 0.4) is 0 Å². The summed E-state index contributed by atoms with van der Waals surface area (Å²) in [5.41, 5.74) is 0. The molecule has 16 heteroatoms. The molecule has 1 aromatic carbocycles. The van der Waals surface area contributed by atoms with E-state index in [4.69, 9.17) is 5.11 Å². The van der Waals surface area contributed by atoms with Crippen LogP contribution in [-0.4, -0.2) is 63.2 Å². The smallest absolute Gasteiger partial charge is 0.314 e. The monoisotopic (exact) mass is 543 g/mol. The third-order valence-corrected chi connectivity index (χ3v) is 4.76. The van der Waals surface area contributed by atoms with Crippen molar-refractivity contribution in [2.24, 2.45) is 5.92 Å². The van der Waals surface area contributed by atoms with Gasteiger partial charge in [0, 0.05) is 18.5 Å². The molecule has 1 heterocycles. The Hall–Kier alpha value is -4.63. The third kappa shape index (κ3) is 7.94. The summed E-state index contributed by atoms with van der Waals surface area (Å²) in [6.07, 6.45) is 2.69. The Bertz CT molecular complexity index is 1200. The van der Waals surface area contributed by atoms with Crippen molar-refractivity contribution in [1.82, 2.24) is 20.6 Å². The Labute approximate surface area is 211 Å². The third-order valence-electron chi connectivity index (χ3n) is 4.76. The van der Waals surface area contributed by atoms with Crippen LogP contribution in [0.2, 0.25) is 0 Å². The summed E-state index contributed by atoms with van der Waals surface area (Å²) in [4.78, 5) is 68.3. The molecule has 0 aliphatic rings. The van der Waals surface area contributed by atoms with E-state index in [1.165, 1.54) is 26.2 Å². The van der Waals surface area contributed by atoms with Crippen molar-refractivity contribution in [2.75, 3.05) is 11.9 Å². The van der Waals surface area contributed by atoms with E-state index in [9.17, 15) is 41.5 Å². The number of carboxylic acid groups (broad SMARTS) is 1. The molecule has 0 fully saturated rings. The number of rotatable bonds is 11. The molecule has 0 radical (unpaired) electrons. The van der Waals surface area contributed by atoms with Gasteiger partial charge in [-0.25, -0.2) is 13.8 Å². The van der Waals surface area contributed by atoms with E-state index in [0.717, 1.165) is 6.20 Å². The molecular weight excluding hydrogens is 522 g/mol. The predicted molar refractivity (Wildman–Crippen MR) is 118 cm³/mol. The molecule has 2 aromatic rings. The number of aromatic nitrogens is 2. The summed E-state index contributed by atoms with van der Waals surface area (Å²) < 4.78 is 58.8. The molecule has 38 heavy (non-hydrogen) atoms. The van der Waals surface area contributed by atoms with Crippen molar-refractivity contribution in [3.63, 3.8) is 0 Å². The van der Waals surface area contributed by atoms with Gasteiger partial charge in [-0.15, -0.1) is 0 Å². The van der Waals surface area contributed by atoms with Gasteiger partial charge in [0.2, 0.25) is 17.5 Å². The van der Waals surface area contributed by atoms with Gasteiger partial charge in [0.05, 0.1) is 12.6 Å². The first-order valence-electron chi connectivity index (χ1n) is 10.7. The molecule has 0 bridgehead atoms. The zero-order chi connectivity index (χ0) is 28.6. The predicted octanol–water partition coefficient (Wildman–Crippen LogP) is 0.720. The normalized spacial score (nSPS) is 12.3. The fourth-order valence-electron chi connectivity index (χ4n) is 2.88. The molecule has 1 aromatic heterocycles. The first-order valence-corrected chi connectivity index (χ1v) is 10.7. The van der Waals surface area contributed by atoms with Crippen molar-refractivity contribution in [3.8, 4) is 5.75 Å². The van der Waals surface area contributed by atoms with E-state index in [1.54, 1.807) is 0 Å². The number of nitrogens with one attached hydrogen (secondary N) is 3. The van der Waals surface area contributed by atoms with Crippen LogP contribution in [0.5, 0.6) is 5.75 Å². The van der Waals surface area contributed by atoms with Crippen LogP contribution in [0.15, 0.2) is 24.7 Å². The number of halogens is 4. The molecule has 2 atom stereocenters. The summed E-state index contributed by atoms with van der Waals surface area (Å²) in [6.45, 7) is 1.65. The highest BCUT2D eigenvalue weighted by Crippen LogP contribution is 2.26. The molecule has 0 saturated carbocycles. The number of benzene rings is 1. The van der Waals surface area contributed by atoms with Crippen LogP contribution < -0.4 is 20.7 Å². The number of ether oxygens (including phenoxy) is 1. The van der Waals surface area contributed by atoms with Crippen LogP contribution in [0, 0.1) is 29.2 Å². The second-order valence-electron chi connectivity index (χ2n) is 7.95. The molecule has 0 spiro atoms. The van der Waals surface area contributed by atoms with Crippen molar-refractivity contribution in [1.29, 1.82) is 0 Å². The van der Waals surface area contributed by atoms with E-state index in [-0.39, 0.29) is 11.9 Å². The summed E-state index contributed by atoms with van der Waals surface area (Å²) in [7, 11) is 0. The molecule has 0 aliphatic heterocycles. The van der Waals surface area contributed by atoms with Gasteiger partial charge >= 0.3 is 17.8 Å². The lowest BCUT2D eigenvalue weighted by atomic mass is 10.0. The fourth-order valence-corrected chi connectivity index (χ4v) is 2.88. The van der Waals surface area contributed by atoms with E-state index >= 15 is 0 Å². The van der Waals surface area contributed by atoms with Gasteiger partial charge in [-0.1, -0.05) is 13.8 Å². The first-order chi connectivity index (χ1) is 17.8. The number of aliphatic carboxylic acids is 1. The number of carboxylic acids is 1. The number of nitrogens with zero attached hydrogens (tertiary/aromatic N) is 2. The molecule has 0 saturated heterocycles. The zero-order valence-corrected chi connectivity index (χ0v) is 19.8. The summed E-state index contributed by atoms with van der Waals surface area (Å²) >= 11 is 0. The quantitative estimate of drug-likeness (QED) is 0.181. The molecule has 0 aliphatic carbocycles. The van der Waals surface area contributed by atoms with E-state index in [0.29, 0.717) is 0 Å². The van der Waals surface area contributed by atoms with Crippen LogP contribution in [0.1, 0.15) is 20.3 Å². The van der Waals surface area contributed by atoms with Crippen molar-refractivity contribution in [3.05, 3.63) is 47.9 Å². The van der Waals surface area contributed by atoms with Crippen molar-refractivity contribution in [2.45, 2.75) is 32.4 Å². The maximum absolute atomic E-state index is 13.8. The topological polar surface area (TPSA) is 177 Å². The van der Waals surface area contributed by atoms with Gasteiger partial charge < -0.3 is 25.8 Å². The zero-order valence-electron chi connectivity index (χ0n) is 19.8. The lowest BCUT2D eigenvalue weighted by molar-refractivity contribution is -0.141. The minimum absolute atomic E-state index is 0.0589. The largest absolute Gasteiger partial charge is 0.481 e. The average Bonchev–Trinajstić information content (AvgIpc) is 2.85. The number of Topliss-reactive ketones (excluding diaryl/α,β-unsaturated/α-hetero) is 1. The lowest BCUT2D eigenvalue weighted by Gasteiger charge is -2.24. The average molecular weight is 543 g/mol. The number of hydrogen-bond donors (Lipinski definition) is 4. The van der Waals surface area contributed by atoms with Crippen LogP contribution in [0.4, 0.5) is 23.4 Å². The Morgan fingerprint density at radius 2 is 1.61 bits per heavy atom. The Morgan fingerprint density at radius 3 is 2.13 bits per heavy atom. The Kier molecular flexibility index (Phi) is 10.2. The van der Waals surface area contributed by atoms with Crippen LogP contribution in [-0.2, 0) is 24.0 Å². The lowest BCUT2D eigenvalue weighted by Crippen LogP contribution is -2.56. The maximum Gasteiger partial charge on any atom is 0.314 e. The van der Waals surface area contributed by atoms with Gasteiger partial charge in [-0.2, -0.15) is 8.78 Å². The van der Waals surface area contributed by atoms with E-state index in [2.05, 4.69) is 30.7 Å². The van der Waals surface area contributed by atoms with Crippen LogP contribution in [0.25, 0.3) is 0 Å². The maximum atomic E-state index is 13.8. The Morgan fingerprint density at radius 1 is 0.974 bits per heavy atom. The SMILES string of the molecule is CC(C)[C@H](NC(=O)C(=O)Nc1cnccn1)C(=O)N[C@@H](CC(=O)O)C(=O)COc1c(F)c(F)cc(F)c1F. The van der Waals surface area contributed by atoms with Gasteiger partial charge in [0.25, 0.3) is 0 Å². The summed E-state index contributed by atoms with van der Waals surface area (Å²) in [6, 6.07) is -3.39. The number of carbonyl (C=O) groups is 5. The molecule has 4 N–H and O–H groups in total. The second kappa shape index (κ2) is 13.1. The molecule has 204 valence electrons. The van der Waals surface area contributed by atoms with Crippen LogP contribution >= 0.6 is 0 Å². The first kappa shape index (κ1) is 29.6. The standard InChI is InChI=1S/C22H21F4N5O7/c1-9(2)18(31-22(37)21(36)30-14-7-27-3-4-28-14)20(35)29-12(6-15(33)34)13(32)8-38-19-16(25)10(23)5-11(24)17(19)26/h3-5,7,9,12,18H,6,8H2,1-2H3,(H,29,35)(H,31,37)(H,33,34)(H,28,30,36)/t12-,18-/m0/s1. The fraction of sp³-hybridized carbons (Fsp3) is 0.318. The number of carbonyl (C=O) groups excluding carboxylic acids is 4. The van der Waals surface area contributed by atoms with Gasteiger partial charge in [-0.3, -0.25) is 29.0 Å².